The Morgan fingerprint density at radius 2 is 1.13 bits per heavy atom. The van der Waals surface area contributed by atoms with Crippen LogP contribution in [0.2, 0.25) is 0 Å². The van der Waals surface area contributed by atoms with E-state index in [1.165, 1.54) is 0 Å². The Labute approximate surface area is 224 Å². The van der Waals surface area contributed by atoms with Crippen molar-refractivity contribution in [3.05, 3.63) is 127 Å². The van der Waals surface area contributed by atoms with Gasteiger partial charge in [-0.25, -0.2) is 9.97 Å². The van der Waals surface area contributed by atoms with Crippen LogP contribution < -0.4 is 0 Å². The van der Waals surface area contributed by atoms with E-state index < -0.39 is 0 Å². The summed E-state index contributed by atoms with van der Waals surface area (Å²) in [6.07, 6.45) is 0. The maximum atomic E-state index is 10.8. The highest BCUT2D eigenvalue weighted by molar-refractivity contribution is 6.10. The summed E-state index contributed by atoms with van der Waals surface area (Å²) in [7, 11) is 0. The van der Waals surface area contributed by atoms with E-state index in [1.54, 1.807) is 24.3 Å². The Morgan fingerprint density at radius 3 is 1.82 bits per heavy atom. The third kappa shape index (κ3) is 3.80. The van der Waals surface area contributed by atoms with E-state index in [2.05, 4.69) is 28.8 Å². The van der Waals surface area contributed by atoms with E-state index in [1.807, 2.05) is 78.9 Å². The average molecular weight is 506 g/mol. The van der Waals surface area contributed by atoms with Crippen LogP contribution in [0, 0.1) is 0 Å². The van der Waals surface area contributed by atoms with Crippen LogP contribution >= 0.6 is 0 Å². The number of phenols is 2. The third-order valence-electron chi connectivity index (χ3n) is 7.03. The Balaban J connectivity index is 1.62. The summed E-state index contributed by atoms with van der Waals surface area (Å²) in [6, 6.07) is 40.8. The second-order valence-corrected chi connectivity index (χ2v) is 9.39. The van der Waals surface area contributed by atoms with Crippen LogP contribution in [0.4, 0.5) is 0 Å². The van der Waals surface area contributed by atoms with Gasteiger partial charge >= 0.3 is 0 Å². The summed E-state index contributed by atoms with van der Waals surface area (Å²) in [5, 5.41) is 22.4. The molecule has 39 heavy (non-hydrogen) atoms. The van der Waals surface area contributed by atoms with Gasteiger partial charge in [0.25, 0.3) is 0 Å². The molecular weight excluding hydrogens is 482 g/mol. The van der Waals surface area contributed by atoms with Gasteiger partial charge in [-0.3, -0.25) is 4.57 Å². The molecule has 5 aromatic carbocycles. The highest BCUT2D eigenvalue weighted by atomic mass is 16.3. The zero-order chi connectivity index (χ0) is 26.3. The number of rotatable bonds is 4. The van der Waals surface area contributed by atoms with Gasteiger partial charge in [-0.1, -0.05) is 72.8 Å². The number of aromatic hydroxyl groups is 2. The molecule has 2 heterocycles. The first kappa shape index (κ1) is 22.8. The number of phenolic OH excluding ortho intramolecular Hbond substituents is 2. The molecule has 2 aromatic heterocycles. The van der Waals surface area contributed by atoms with Gasteiger partial charge < -0.3 is 10.2 Å². The quantitative estimate of drug-likeness (QED) is 0.254. The van der Waals surface area contributed by atoms with Gasteiger partial charge in [0, 0.05) is 16.6 Å². The number of imidazole rings is 1. The normalized spacial score (nSPS) is 11.3. The lowest BCUT2D eigenvalue weighted by molar-refractivity contribution is 0.476. The average Bonchev–Trinajstić information content (AvgIpc) is 3.38. The lowest BCUT2D eigenvalue weighted by Crippen LogP contribution is -1.97. The molecule has 0 radical (unpaired) electrons. The lowest BCUT2D eigenvalue weighted by Gasteiger charge is -2.13. The summed E-state index contributed by atoms with van der Waals surface area (Å²) >= 11 is 0. The number of pyridine rings is 1. The van der Waals surface area contributed by atoms with Gasteiger partial charge in [-0.15, -0.1) is 0 Å². The van der Waals surface area contributed by atoms with Crippen molar-refractivity contribution in [1.29, 1.82) is 0 Å². The standard InChI is InChI=1S/C34H23N3O2/c38-30-17-9-7-15-25(30)28-21-27(22-11-3-1-4-12-22)24-19-20-29-33(32(24)35-28)36-34(26-16-8-10-18-31(26)39)37(29)23-13-5-2-6-14-23/h1-21,38-39H. The Morgan fingerprint density at radius 1 is 0.513 bits per heavy atom. The molecule has 186 valence electrons. The molecule has 0 saturated carbocycles. The number of nitrogens with zero attached hydrogens (tertiary/aromatic N) is 3. The first-order chi connectivity index (χ1) is 19.2. The van der Waals surface area contributed by atoms with E-state index in [9.17, 15) is 10.2 Å². The maximum Gasteiger partial charge on any atom is 0.149 e. The van der Waals surface area contributed by atoms with E-state index >= 15 is 0 Å². The molecule has 0 bridgehead atoms. The van der Waals surface area contributed by atoms with Crippen LogP contribution in [0.25, 0.3) is 61.4 Å². The topological polar surface area (TPSA) is 71.2 Å². The molecule has 0 amide bonds. The number of benzene rings is 5. The minimum Gasteiger partial charge on any atom is -0.507 e. The Bertz CT molecular complexity index is 1980. The molecular formula is C34H23N3O2. The zero-order valence-corrected chi connectivity index (χ0v) is 20.9. The predicted octanol–water partition coefficient (Wildman–Crippen LogP) is 7.99. The molecule has 2 N–H and O–H groups in total. The molecule has 0 aliphatic carbocycles. The van der Waals surface area contributed by atoms with E-state index in [4.69, 9.17) is 9.97 Å². The number of fused-ring (bicyclic) bond motifs is 3. The van der Waals surface area contributed by atoms with Crippen LogP contribution in [-0.2, 0) is 0 Å². The number of para-hydroxylation sites is 3. The second-order valence-electron chi connectivity index (χ2n) is 9.39. The molecule has 0 saturated heterocycles. The first-order valence-corrected chi connectivity index (χ1v) is 12.7. The summed E-state index contributed by atoms with van der Waals surface area (Å²) in [5.74, 6) is 0.945. The largest absolute Gasteiger partial charge is 0.507 e. The summed E-state index contributed by atoms with van der Waals surface area (Å²) in [5.41, 5.74) is 7.21. The fourth-order valence-electron chi connectivity index (χ4n) is 5.19. The van der Waals surface area contributed by atoms with Crippen molar-refractivity contribution in [2.75, 3.05) is 0 Å². The predicted molar refractivity (Wildman–Crippen MR) is 156 cm³/mol. The highest BCUT2D eigenvalue weighted by Crippen LogP contribution is 2.40. The van der Waals surface area contributed by atoms with Gasteiger partial charge in [-0.05, 0) is 65.7 Å². The van der Waals surface area contributed by atoms with Crippen LogP contribution in [0.1, 0.15) is 0 Å². The Kier molecular flexibility index (Phi) is 5.34. The molecule has 0 atom stereocenters. The maximum absolute atomic E-state index is 10.8. The molecule has 0 spiro atoms. The number of hydrogen-bond donors (Lipinski definition) is 2. The van der Waals surface area contributed by atoms with Crippen molar-refractivity contribution in [2.24, 2.45) is 0 Å². The van der Waals surface area contributed by atoms with E-state index in [0.29, 0.717) is 28.2 Å². The second kappa shape index (κ2) is 9.15. The highest BCUT2D eigenvalue weighted by Gasteiger charge is 2.21. The lowest BCUT2D eigenvalue weighted by atomic mass is 9.97. The first-order valence-electron chi connectivity index (χ1n) is 12.7. The molecule has 0 fully saturated rings. The minimum atomic E-state index is 0.155. The molecule has 5 nitrogen and oxygen atoms in total. The van der Waals surface area contributed by atoms with Crippen LogP contribution in [-0.4, -0.2) is 24.7 Å². The number of aromatic nitrogens is 3. The van der Waals surface area contributed by atoms with Crippen molar-refractivity contribution in [2.45, 2.75) is 0 Å². The van der Waals surface area contributed by atoms with Gasteiger partial charge in [0.1, 0.15) is 22.8 Å². The van der Waals surface area contributed by atoms with E-state index in [0.717, 1.165) is 33.2 Å². The molecule has 0 aliphatic heterocycles. The smallest absolute Gasteiger partial charge is 0.149 e. The van der Waals surface area contributed by atoms with Crippen LogP contribution in [0.15, 0.2) is 127 Å². The van der Waals surface area contributed by atoms with Gasteiger partial charge in [0.15, 0.2) is 0 Å². The van der Waals surface area contributed by atoms with Crippen molar-refractivity contribution in [3.8, 4) is 51.0 Å². The monoisotopic (exact) mass is 505 g/mol. The summed E-state index contributed by atoms with van der Waals surface area (Å²) in [6.45, 7) is 0. The van der Waals surface area contributed by atoms with Crippen molar-refractivity contribution < 1.29 is 10.2 Å². The molecule has 7 aromatic rings. The van der Waals surface area contributed by atoms with Crippen LogP contribution in [0.5, 0.6) is 11.5 Å². The van der Waals surface area contributed by atoms with Gasteiger partial charge in [0.2, 0.25) is 0 Å². The van der Waals surface area contributed by atoms with Gasteiger partial charge in [-0.2, -0.15) is 0 Å². The molecule has 0 unspecified atom stereocenters. The Hall–Kier alpha value is -5.42. The van der Waals surface area contributed by atoms with Crippen molar-refractivity contribution >= 4 is 21.9 Å². The molecule has 0 aliphatic rings. The van der Waals surface area contributed by atoms with Crippen LogP contribution in [0.3, 0.4) is 0 Å². The summed E-state index contributed by atoms with van der Waals surface area (Å²) < 4.78 is 2.06. The molecule has 5 heteroatoms. The number of hydrogen-bond acceptors (Lipinski definition) is 4. The van der Waals surface area contributed by atoms with Gasteiger partial charge in [0.05, 0.1) is 22.3 Å². The third-order valence-corrected chi connectivity index (χ3v) is 7.03. The summed E-state index contributed by atoms with van der Waals surface area (Å²) in [4.78, 5) is 10.2. The van der Waals surface area contributed by atoms with E-state index in [-0.39, 0.29) is 11.5 Å². The minimum absolute atomic E-state index is 0.155. The van der Waals surface area contributed by atoms with Crippen molar-refractivity contribution in [3.63, 3.8) is 0 Å². The fraction of sp³-hybridized carbons (Fsp3) is 0. The zero-order valence-electron chi connectivity index (χ0n) is 20.9. The van der Waals surface area contributed by atoms with Crippen molar-refractivity contribution in [1.82, 2.24) is 14.5 Å². The SMILES string of the molecule is Oc1ccccc1-c1cc(-c2ccccc2)c2ccc3c(nc(-c4ccccc4O)n3-c3ccccc3)c2n1. The fourth-order valence-corrected chi connectivity index (χ4v) is 5.19. The molecule has 7 rings (SSSR count).